The van der Waals surface area contributed by atoms with Crippen LogP contribution in [0.4, 0.5) is 0 Å². The van der Waals surface area contributed by atoms with Crippen molar-refractivity contribution in [1.29, 1.82) is 0 Å². The van der Waals surface area contributed by atoms with E-state index < -0.39 is 0 Å². The lowest BCUT2D eigenvalue weighted by Gasteiger charge is -2.43. The van der Waals surface area contributed by atoms with Gasteiger partial charge in [0, 0.05) is 18.1 Å². The molecule has 0 spiro atoms. The van der Waals surface area contributed by atoms with Crippen LogP contribution in [-0.4, -0.2) is 30.1 Å². The van der Waals surface area contributed by atoms with Gasteiger partial charge in [0.25, 0.3) is 0 Å². The molecule has 1 rings (SSSR count). The molecule has 0 aliphatic rings. The fourth-order valence-electron chi connectivity index (χ4n) is 2.76. The number of likely N-dealkylation sites (N-methyl/N-ethyl adjacent to an activating group) is 1. The minimum absolute atomic E-state index is 0.0898. The lowest BCUT2D eigenvalue weighted by atomic mass is 9.89. The summed E-state index contributed by atoms with van der Waals surface area (Å²) < 4.78 is 0. The van der Waals surface area contributed by atoms with Crippen LogP contribution < -0.4 is 5.73 Å². The van der Waals surface area contributed by atoms with Crippen molar-refractivity contribution in [1.82, 2.24) is 4.90 Å². The third-order valence-electron chi connectivity index (χ3n) is 4.58. The van der Waals surface area contributed by atoms with E-state index in [1.807, 2.05) is 0 Å². The first-order valence-electron chi connectivity index (χ1n) is 7.54. The van der Waals surface area contributed by atoms with Crippen LogP contribution in [0.25, 0.3) is 0 Å². The largest absolute Gasteiger partial charge is 0.329 e. The molecule has 0 heterocycles. The van der Waals surface area contributed by atoms with E-state index in [-0.39, 0.29) is 5.54 Å². The van der Waals surface area contributed by atoms with Gasteiger partial charge in [0.2, 0.25) is 0 Å². The summed E-state index contributed by atoms with van der Waals surface area (Å²) in [7, 11) is 2.23. The van der Waals surface area contributed by atoms with Crippen LogP contribution in [0.5, 0.6) is 0 Å². The highest BCUT2D eigenvalue weighted by atomic mass is 15.2. The highest BCUT2D eigenvalue weighted by molar-refractivity contribution is 5.15. The highest BCUT2D eigenvalue weighted by Gasteiger charge is 2.30. The summed E-state index contributed by atoms with van der Waals surface area (Å²) >= 11 is 0. The van der Waals surface area contributed by atoms with E-state index in [0.717, 1.165) is 12.8 Å². The van der Waals surface area contributed by atoms with E-state index in [1.165, 1.54) is 18.4 Å². The molecule has 108 valence electrons. The fourth-order valence-corrected chi connectivity index (χ4v) is 2.76. The Kier molecular flexibility index (Phi) is 6.53. The number of rotatable bonds is 8. The Morgan fingerprint density at radius 2 is 1.74 bits per heavy atom. The first-order valence-corrected chi connectivity index (χ1v) is 7.54. The summed E-state index contributed by atoms with van der Waals surface area (Å²) in [6.45, 7) is 7.54. The minimum atomic E-state index is 0.0898. The second kappa shape index (κ2) is 7.66. The van der Waals surface area contributed by atoms with Gasteiger partial charge >= 0.3 is 0 Å². The van der Waals surface area contributed by atoms with Crippen LogP contribution >= 0.6 is 0 Å². The van der Waals surface area contributed by atoms with Gasteiger partial charge in [0.15, 0.2) is 0 Å². The Morgan fingerprint density at radius 3 is 2.21 bits per heavy atom. The first kappa shape index (κ1) is 16.2. The normalized spacial score (nSPS) is 14.9. The zero-order chi connectivity index (χ0) is 14.3. The third kappa shape index (κ3) is 4.32. The molecule has 2 N–H and O–H groups in total. The van der Waals surface area contributed by atoms with Crippen LogP contribution in [0.3, 0.4) is 0 Å². The van der Waals surface area contributed by atoms with E-state index in [0.29, 0.717) is 12.6 Å². The number of nitrogens with zero attached hydrogens (tertiary/aromatic N) is 1. The zero-order valence-electron chi connectivity index (χ0n) is 13.0. The van der Waals surface area contributed by atoms with Crippen molar-refractivity contribution >= 4 is 0 Å². The molecule has 1 atom stereocenters. The molecular weight excluding hydrogens is 232 g/mol. The molecule has 0 saturated heterocycles. The molecule has 1 unspecified atom stereocenters. The van der Waals surface area contributed by atoms with Crippen molar-refractivity contribution in [2.75, 3.05) is 13.6 Å². The molecule has 0 radical (unpaired) electrons. The van der Waals surface area contributed by atoms with E-state index in [9.17, 15) is 0 Å². The van der Waals surface area contributed by atoms with Gasteiger partial charge in [-0.3, -0.25) is 4.90 Å². The second-order valence-corrected chi connectivity index (χ2v) is 5.77. The van der Waals surface area contributed by atoms with Crippen LogP contribution in [0.15, 0.2) is 30.3 Å². The average Bonchev–Trinajstić information content (AvgIpc) is 2.47. The van der Waals surface area contributed by atoms with Gasteiger partial charge in [-0.25, -0.2) is 0 Å². The lowest BCUT2D eigenvalue weighted by molar-refractivity contribution is 0.0794. The van der Waals surface area contributed by atoms with E-state index in [1.54, 1.807) is 0 Å². The molecule has 1 aromatic rings. The van der Waals surface area contributed by atoms with Crippen molar-refractivity contribution in [3.63, 3.8) is 0 Å². The molecule has 0 saturated carbocycles. The van der Waals surface area contributed by atoms with Crippen molar-refractivity contribution < 1.29 is 0 Å². The van der Waals surface area contributed by atoms with Crippen LogP contribution in [0.2, 0.25) is 0 Å². The highest BCUT2D eigenvalue weighted by Crippen LogP contribution is 2.24. The molecule has 2 heteroatoms. The average molecular weight is 262 g/mol. The Balaban J connectivity index is 2.69. The maximum Gasteiger partial charge on any atom is 0.0306 e. The number of hydrogen-bond acceptors (Lipinski definition) is 2. The van der Waals surface area contributed by atoms with Crippen molar-refractivity contribution in [2.45, 2.75) is 58.0 Å². The molecule has 0 fully saturated rings. The summed E-state index contributed by atoms with van der Waals surface area (Å²) in [4.78, 5) is 2.50. The standard InChI is InChI=1S/C17H30N2/c1-5-16(6-2)19(4)17(3,14-18)13-12-15-10-8-7-9-11-15/h7-11,16H,5-6,12-14,18H2,1-4H3. The Morgan fingerprint density at radius 1 is 1.16 bits per heavy atom. The molecule has 0 amide bonds. The van der Waals surface area contributed by atoms with Gasteiger partial charge in [-0.1, -0.05) is 44.2 Å². The Bertz CT molecular complexity index is 346. The van der Waals surface area contributed by atoms with Crippen LogP contribution in [-0.2, 0) is 6.42 Å². The molecule has 1 aromatic carbocycles. The Labute approximate surface area is 119 Å². The summed E-state index contributed by atoms with van der Waals surface area (Å²) in [5, 5.41) is 0. The Hall–Kier alpha value is -0.860. The van der Waals surface area contributed by atoms with Gasteiger partial charge in [-0.05, 0) is 45.2 Å². The molecular formula is C17H30N2. The van der Waals surface area contributed by atoms with Gasteiger partial charge in [-0.2, -0.15) is 0 Å². The number of nitrogens with two attached hydrogens (primary N) is 1. The molecule has 0 aliphatic carbocycles. The van der Waals surface area contributed by atoms with Gasteiger partial charge in [0.1, 0.15) is 0 Å². The monoisotopic (exact) mass is 262 g/mol. The van der Waals surface area contributed by atoms with Crippen molar-refractivity contribution in [3.8, 4) is 0 Å². The van der Waals surface area contributed by atoms with Crippen LogP contribution in [0, 0.1) is 0 Å². The fraction of sp³-hybridized carbons (Fsp3) is 0.647. The first-order chi connectivity index (χ1) is 9.07. The van der Waals surface area contributed by atoms with Gasteiger partial charge < -0.3 is 5.73 Å². The molecule has 0 aliphatic heterocycles. The number of hydrogen-bond donors (Lipinski definition) is 1. The molecule has 2 nitrogen and oxygen atoms in total. The third-order valence-corrected chi connectivity index (χ3v) is 4.58. The van der Waals surface area contributed by atoms with Crippen molar-refractivity contribution in [3.05, 3.63) is 35.9 Å². The van der Waals surface area contributed by atoms with Gasteiger partial charge in [-0.15, -0.1) is 0 Å². The summed E-state index contributed by atoms with van der Waals surface area (Å²) in [6.07, 6.45) is 4.58. The molecule has 19 heavy (non-hydrogen) atoms. The summed E-state index contributed by atoms with van der Waals surface area (Å²) in [5.41, 5.74) is 7.57. The minimum Gasteiger partial charge on any atom is -0.329 e. The maximum absolute atomic E-state index is 6.08. The number of benzene rings is 1. The van der Waals surface area contributed by atoms with E-state index in [4.69, 9.17) is 5.73 Å². The second-order valence-electron chi connectivity index (χ2n) is 5.77. The van der Waals surface area contributed by atoms with Crippen LogP contribution in [0.1, 0.15) is 45.6 Å². The summed E-state index contributed by atoms with van der Waals surface area (Å²) in [6, 6.07) is 11.3. The predicted octanol–water partition coefficient (Wildman–Crippen LogP) is 3.46. The smallest absolute Gasteiger partial charge is 0.0306 e. The van der Waals surface area contributed by atoms with E-state index >= 15 is 0 Å². The maximum atomic E-state index is 6.08. The molecule has 0 bridgehead atoms. The zero-order valence-corrected chi connectivity index (χ0v) is 13.0. The van der Waals surface area contributed by atoms with Crippen molar-refractivity contribution in [2.24, 2.45) is 5.73 Å². The topological polar surface area (TPSA) is 29.3 Å². The SMILES string of the molecule is CCC(CC)N(C)C(C)(CN)CCc1ccccc1. The lowest BCUT2D eigenvalue weighted by Crippen LogP contribution is -2.54. The number of aryl methyl sites for hydroxylation is 1. The predicted molar refractivity (Wildman–Crippen MR) is 84.4 cm³/mol. The van der Waals surface area contributed by atoms with Gasteiger partial charge in [0.05, 0.1) is 0 Å². The molecule has 0 aromatic heterocycles. The summed E-state index contributed by atoms with van der Waals surface area (Å²) in [5.74, 6) is 0. The van der Waals surface area contributed by atoms with E-state index in [2.05, 4.69) is 63.1 Å². The quantitative estimate of drug-likeness (QED) is 0.777.